The summed E-state index contributed by atoms with van der Waals surface area (Å²) in [6.07, 6.45) is 1.59. The van der Waals surface area contributed by atoms with Gasteiger partial charge in [-0.3, -0.25) is 4.79 Å². The Morgan fingerprint density at radius 1 is 1.00 bits per heavy atom. The standard InChI is InChI=1S/C21H17BrN2O2/c22-20-12-5-4-11-19(20)21(25)24-23-14-17-9-6-10-18(13-17)26-15-16-7-2-1-3-8-16/h1-14H,15H2,(H,24,25). The molecule has 3 rings (SSSR count). The van der Waals surface area contributed by atoms with E-state index in [1.807, 2.05) is 66.7 Å². The number of ether oxygens (including phenoxy) is 1. The minimum absolute atomic E-state index is 0.273. The van der Waals surface area contributed by atoms with Crippen molar-refractivity contribution in [2.45, 2.75) is 6.61 Å². The zero-order valence-electron chi connectivity index (χ0n) is 13.9. The summed E-state index contributed by atoms with van der Waals surface area (Å²) in [6, 6.07) is 24.7. The Morgan fingerprint density at radius 2 is 1.77 bits per heavy atom. The molecule has 0 aliphatic heterocycles. The molecular weight excluding hydrogens is 392 g/mol. The zero-order chi connectivity index (χ0) is 18.2. The van der Waals surface area contributed by atoms with Gasteiger partial charge in [0, 0.05) is 4.47 Å². The maximum Gasteiger partial charge on any atom is 0.272 e. The molecule has 0 atom stereocenters. The van der Waals surface area contributed by atoms with E-state index >= 15 is 0 Å². The molecule has 130 valence electrons. The third-order valence-corrected chi connectivity index (χ3v) is 4.30. The lowest BCUT2D eigenvalue weighted by atomic mass is 10.2. The second-order valence-electron chi connectivity index (χ2n) is 5.53. The summed E-state index contributed by atoms with van der Waals surface area (Å²) >= 11 is 3.35. The number of nitrogens with zero attached hydrogens (tertiary/aromatic N) is 1. The van der Waals surface area contributed by atoms with Crippen molar-refractivity contribution in [3.63, 3.8) is 0 Å². The second-order valence-corrected chi connectivity index (χ2v) is 6.38. The van der Waals surface area contributed by atoms with Crippen molar-refractivity contribution in [3.8, 4) is 5.75 Å². The number of amides is 1. The highest BCUT2D eigenvalue weighted by atomic mass is 79.9. The molecule has 3 aromatic carbocycles. The Balaban J connectivity index is 1.59. The Morgan fingerprint density at radius 3 is 2.58 bits per heavy atom. The maximum absolute atomic E-state index is 12.1. The van der Waals surface area contributed by atoms with Crippen LogP contribution in [-0.2, 0) is 6.61 Å². The average molecular weight is 409 g/mol. The Bertz CT molecular complexity index is 911. The van der Waals surface area contributed by atoms with Crippen molar-refractivity contribution in [1.29, 1.82) is 0 Å². The molecule has 4 nitrogen and oxygen atoms in total. The lowest BCUT2D eigenvalue weighted by Crippen LogP contribution is -2.18. The molecule has 1 N–H and O–H groups in total. The van der Waals surface area contributed by atoms with Gasteiger partial charge in [0.05, 0.1) is 11.8 Å². The number of rotatable bonds is 6. The summed E-state index contributed by atoms with van der Waals surface area (Å²) in [6.45, 7) is 0.500. The number of benzene rings is 3. The van der Waals surface area contributed by atoms with Crippen LogP contribution in [0.25, 0.3) is 0 Å². The van der Waals surface area contributed by atoms with E-state index in [4.69, 9.17) is 4.74 Å². The summed E-state index contributed by atoms with van der Waals surface area (Å²) in [5.74, 6) is 0.472. The van der Waals surface area contributed by atoms with Crippen molar-refractivity contribution < 1.29 is 9.53 Å². The first-order valence-electron chi connectivity index (χ1n) is 8.07. The minimum Gasteiger partial charge on any atom is -0.489 e. The molecule has 3 aromatic rings. The van der Waals surface area contributed by atoms with E-state index in [2.05, 4.69) is 26.5 Å². The number of hydrogen-bond donors (Lipinski definition) is 1. The Hall–Kier alpha value is -2.92. The Labute approximate surface area is 160 Å². The van der Waals surface area contributed by atoms with Gasteiger partial charge in [-0.25, -0.2) is 5.43 Å². The predicted octanol–water partition coefficient (Wildman–Crippen LogP) is 4.79. The van der Waals surface area contributed by atoms with Crippen LogP contribution in [0.5, 0.6) is 5.75 Å². The van der Waals surface area contributed by atoms with Crippen molar-refractivity contribution >= 4 is 28.1 Å². The summed E-state index contributed by atoms with van der Waals surface area (Å²) in [4.78, 5) is 12.1. The van der Waals surface area contributed by atoms with Crippen molar-refractivity contribution in [2.24, 2.45) is 5.10 Å². The first kappa shape index (κ1) is 17.9. The van der Waals surface area contributed by atoms with Gasteiger partial charge in [0.2, 0.25) is 0 Å². The Kier molecular flexibility index (Phi) is 6.17. The SMILES string of the molecule is O=C(NN=Cc1cccc(OCc2ccccc2)c1)c1ccccc1Br. The summed E-state index contributed by atoms with van der Waals surface area (Å²) in [7, 11) is 0. The van der Waals surface area contributed by atoms with Crippen LogP contribution in [0.3, 0.4) is 0 Å². The van der Waals surface area contributed by atoms with Gasteiger partial charge in [-0.1, -0.05) is 54.6 Å². The number of nitrogens with one attached hydrogen (secondary N) is 1. The molecule has 0 saturated heterocycles. The minimum atomic E-state index is -0.273. The topological polar surface area (TPSA) is 50.7 Å². The molecular formula is C21H17BrN2O2. The van der Waals surface area contributed by atoms with E-state index < -0.39 is 0 Å². The van der Waals surface area contributed by atoms with Crippen LogP contribution in [-0.4, -0.2) is 12.1 Å². The van der Waals surface area contributed by atoms with Crippen molar-refractivity contribution in [1.82, 2.24) is 5.43 Å². The van der Waals surface area contributed by atoms with Gasteiger partial charge in [0.15, 0.2) is 0 Å². The summed E-state index contributed by atoms with van der Waals surface area (Å²) in [5, 5.41) is 4.02. The van der Waals surface area contributed by atoms with Gasteiger partial charge in [0.25, 0.3) is 5.91 Å². The smallest absolute Gasteiger partial charge is 0.272 e. The highest BCUT2D eigenvalue weighted by molar-refractivity contribution is 9.10. The van der Waals surface area contributed by atoms with E-state index in [9.17, 15) is 4.79 Å². The van der Waals surface area contributed by atoms with Gasteiger partial charge >= 0.3 is 0 Å². The van der Waals surface area contributed by atoms with E-state index in [1.54, 1.807) is 18.3 Å². The molecule has 1 amide bonds. The molecule has 0 fully saturated rings. The van der Waals surface area contributed by atoms with Gasteiger partial charge in [-0.15, -0.1) is 0 Å². The maximum atomic E-state index is 12.1. The number of halogens is 1. The lowest BCUT2D eigenvalue weighted by molar-refractivity contribution is 0.0954. The van der Waals surface area contributed by atoms with Crippen molar-refractivity contribution in [2.75, 3.05) is 0 Å². The van der Waals surface area contributed by atoms with Crippen LogP contribution in [0.2, 0.25) is 0 Å². The molecule has 0 spiro atoms. The van der Waals surface area contributed by atoms with Crippen LogP contribution in [0, 0.1) is 0 Å². The molecule has 0 aromatic heterocycles. The monoisotopic (exact) mass is 408 g/mol. The summed E-state index contributed by atoms with van der Waals surface area (Å²) < 4.78 is 6.52. The zero-order valence-corrected chi connectivity index (χ0v) is 15.5. The van der Waals surface area contributed by atoms with Crippen molar-refractivity contribution in [3.05, 3.63) is 100 Å². The molecule has 0 bridgehead atoms. The normalized spacial score (nSPS) is 10.7. The molecule has 5 heteroatoms. The fourth-order valence-electron chi connectivity index (χ4n) is 2.30. The van der Waals surface area contributed by atoms with Crippen LogP contribution in [0.4, 0.5) is 0 Å². The van der Waals surface area contributed by atoms with Gasteiger partial charge < -0.3 is 4.74 Å². The molecule has 26 heavy (non-hydrogen) atoms. The van der Waals surface area contributed by atoms with Gasteiger partial charge in [-0.2, -0.15) is 5.10 Å². The third-order valence-electron chi connectivity index (χ3n) is 3.60. The van der Waals surface area contributed by atoms with E-state index in [0.29, 0.717) is 12.2 Å². The molecule has 0 saturated carbocycles. The molecule has 0 aliphatic rings. The first-order valence-corrected chi connectivity index (χ1v) is 8.86. The van der Waals surface area contributed by atoms with Gasteiger partial charge in [0.1, 0.15) is 12.4 Å². The fraction of sp³-hybridized carbons (Fsp3) is 0.0476. The first-order chi connectivity index (χ1) is 12.7. The molecule has 0 radical (unpaired) electrons. The number of hydrogen-bond acceptors (Lipinski definition) is 3. The van der Waals surface area contributed by atoms with Crippen LogP contribution in [0.1, 0.15) is 21.5 Å². The predicted molar refractivity (Wildman–Crippen MR) is 106 cm³/mol. The van der Waals surface area contributed by atoms with E-state index in [1.165, 1.54) is 0 Å². The fourth-order valence-corrected chi connectivity index (χ4v) is 2.76. The van der Waals surface area contributed by atoms with E-state index in [0.717, 1.165) is 21.3 Å². The largest absolute Gasteiger partial charge is 0.489 e. The molecule has 0 heterocycles. The number of carbonyl (C=O) groups is 1. The van der Waals surface area contributed by atoms with E-state index in [-0.39, 0.29) is 5.91 Å². The van der Waals surface area contributed by atoms with Crippen LogP contribution < -0.4 is 10.2 Å². The number of hydrazone groups is 1. The second kappa shape index (κ2) is 8.97. The number of carbonyl (C=O) groups excluding carboxylic acids is 1. The highest BCUT2D eigenvalue weighted by Gasteiger charge is 2.07. The van der Waals surface area contributed by atoms with Gasteiger partial charge in [-0.05, 0) is 51.3 Å². The highest BCUT2D eigenvalue weighted by Crippen LogP contribution is 2.16. The molecule has 0 aliphatic carbocycles. The summed E-state index contributed by atoms with van der Waals surface area (Å²) in [5.41, 5.74) is 5.00. The molecule has 0 unspecified atom stereocenters. The third kappa shape index (κ3) is 5.04. The quantitative estimate of drug-likeness (QED) is 0.470. The lowest BCUT2D eigenvalue weighted by Gasteiger charge is -2.07. The van der Waals surface area contributed by atoms with Crippen LogP contribution >= 0.6 is 15.9 Å². The average Bonchev–Trinajstić information content (AvgIpc) is 2.68. The van der Waals surface area contributed by atoms with Crippen LogP contribution in [0.15, 0.2) is 88.4 Å².